The van der Waals surface area contributed by atoms with Crippen molar-refractivity contribution in [2.45, 2.75) is 110 Å². The van der Waals surface area contributed by atoms with Gasteiger partial charge in [0.1, 0.15) is 12.2 Å². The lowest BCUT2D eigenvalue weighted by atomic mass is 10.1. The summed E-state index contributed by atoms with van der Waals surface area (Å²) in [5.41, 5.74) is -0.474. The predicted octanol–water partition coefficient (Wildman–Crippen LogP) is 5.61. The zero-order valence-corrected chi connectivity index (χ0v) is 21.8. The molecule has 0 aliphatic rings. The largest absolute Gasteiger partial charge is 0.445 e. The van der Waals surface area contributed by atoms with Gasteiger partial charge in [0.15, 0.2) is 0 Å². The highest BCUT2D eigenvalue weighted by molar-refractivity contribution is 5.75. The molecule has 0 aromatic heterocycles. The molecule has 0 aromatic rings. The molecule has 0 heterocycles. The molecule has 0 aliphatic heterocycles. The number of carbonyl (C=O) groups is 3. The first kappa shape index (κ1) is 31.8. The summed E-state index contributed by atoms with van der Waals surface area (Å²) in [5.74, 6) is 0.133. The quantitative estimate of drug-likeness (QED) is 0.154. The third-order valence-electron chi connectivity index (χ3n) is 5.03. The van der Waals surface area contributed by atoms with Crippen molar-refractivity contribution in [1.29, 1.82) is 0 Å². The first-order valence-electron chi connectivity index (χ1n) is 13.0. The van der Waals surface area contributed by atoms with Crippen LogP contribution in [-0.4, -0.2) is 49.9 Å². The van der Waals surface area contributed by atoms with Crippen molar-refractivity contribution in [3.8, 4) is 0 Å². The minimum atomic E-state index is -0.474. The van der Waals surface area contributed by atoms with Crippen LogP contribution >= 0.6 is 0 Å². The van der Waals surface area contributed by atoms with Crippen LogP contribution in [0.3, 0.4) is 0 Å². The second-order valence-electron chi connectivity index (χ2n) is 9.59. The van der Waals surface area contributed by atoms with Crippen molar-refractivity contribution in [1.82, 2.24) is 16.0 Å². The Balaban J connectivity index is 3.32. The summed E-state index contributed by atoms with van der Waals surface area (Å²) in [5, 5.41) is 8.45. The van der Waals surface area contributed by atoms with Gasteiger partial charge in [-0.2, -0.15) is 0 Å². The number of nitrogens with one attached hydrogen (secondary N) is 3. The van der Waals surface area contributed by atoms with E-state index in [1.807, 2.05) is 20.8 Å². The second kappa shape index (κ2) is 21.3. The summed E-state index contributed by atoms with van der Waals surface area (Å²) in [6, 6.07) is 0. The van der Waals surface area contributed by atoms with E-state index in [1.165, 1.54) is 32.1 Å². The number of hydrogen-bond donors (Lipinski definition) is 3. The number of unbranched alkanes of at least 4 members (excludes halogenated alkanes) is 10. The number of carbonyl (C=O) groups excluding carboxylic acids is 3. The topological polar surface area (TPSA) is 106 Å². The highest BCUT2D eigenvalue weighted by atomic mass is 16.6. The second-order valence-corrected chi connectivity index (χ2v) is 9.59. The van der Waals surface area contributed by atoms with Crippen molar-refractivity contribution in [2.24, 2.45) is 0 Å². The number of hydrogen-bond acceptors (Lipinski definition) is 5. The molecule has 198 valence electrons. The molecule has 0 bridgehead atoms. The van der Waals surface area contributed by atoms with Gasteiger partial charge in [-0.05, 0) is 52.9 Å². The predicted molar refractivity (Wildman–Crippen MR) is 137 cm³/mol. The molecule has 0 saturated carbocycles. The first-order chi connectivity index (χ1) is 16.2. The van der Waals surface area contributed by atoms with Crippen molar-refractivity contribution in [3.63, 3.8) is 0 Å². The van der Waals surface area contributed by atoms with Crippen LogP contribution in [-0.2, 0) is 14.3 Å². The summed E-state index contributed by atoms with van der Waals surface area (Å²) >= 11 is 0. The van der Waals surface area contributed by atoms with Crippen LogP contribution in [0.15, 0.2) is 12.7 Å². The van der Waals surface area contributed by atoms with E-state index in [2.05, 4.69) is 22.5 Å². The standard InChI is InChI=1S/C26H49N3O5/c1-5-22-33-24(31)28-20-15-12-10-8-6-7-9-11-14-18-23(30)27-19-16-13-17-21-29-25(32)34-26(2,3)4/h5H,1,6-22H2,2-4H3,(H,27,30)(H,28,31)(H,29,32). The first-order valence-corrected chi connectivity index (χ1v) is 13.0. The lowest BCUT2D eigenvalue weighted by molar-refractivity contribution is -0.121. The van der Waals surface area contributed by atoms with Crippen LogP contribution in [0.2, 0.25) is 0 Å². The van der Waals surface area contributed by atoms with Gasteiger partial charge in [0.25, 0.3) is 0 Å². The Morgan fingerprint density at radius 3 is 1.65 bits per heavy atom. The SMILES string of the molecule is C=CCOC(=O)NCCCCCCCCCCCC(=O)NCCCCCNC(=O)OC(C)(C)C. The molecule has 0 aliphatic carbocycles. The van der Waals surface area contributed by atoms with Gasteiger partial charge in [-0.25, -0.2) is 9.59 Å². The molecule has 3 amide bonds. The summed E-state index contributed by atoms with van der Waals surface area (Å²) in [6.45, 7) is 11.2. The lowest BCUT2D eigenvalue weighted by Gasteiger charge is -2.19. The normalized spacial score (nSPS) is 10.9. The van der Waals surface area contributed by atoms with E-state index in [9.17, 15) is 14.4 Å². The Labute approximate surface area is 207 Å². The summed E-state index contributed by atoms with van der Waals surface area (Å²) in [4.78, 5) is 34.6. The van der Waals surface area contributed by atoms with Crippen LogP contribution in [0.25, 0.3) is 0 Å². The smallest absolute Gasteiger partial charge is 0.407 e. The van der Waals surface area contributed by atoms with E-state index in [0.29, 0.717) is 26.1 Å². The van der Waals surface area contributed by atoms with E-state index in [-0.39, 0.29) is 24.7 Å². The molecule has 8 nitrogen and oxygen atoms in total. The average Bonchev–Trinajstić information content (AvgIpc) is 2.76. The molecule has 3 N–H and O–H groups in total. The number of rotatable bonds is 20. The molecular weight excluding hydrogens is 434 g/mol. The van der Waals surface area contributed by atoms with Gasteiger partial charge in [0.05, 0.1) is 0 Å². The number of amides is 3. The Morgan fingerprint density at radius 2 is 1.12 bits per heavy atom. The highest BCUT2D eigenvalue weighted by Gasteiger charge is 2.15. The van der Waals surface area contributed by atoms with Gasteiger partial charge < -0.3 is 25.4 Å². The molecule has 0 saturated heterocycles. The minimum Gasteiger partial charge on any atom is -0.445 e. The van der Waals surface area contributed by atoms with E-state index >= 15 is 0 Å². The van der Waals surface area contributed by atoms with Crippen molar-refractivity contribution in [3.05, 3.63) is 12.7 Å². The monoisotopic (exact) mass is 483 g/mol. The maximum atomic E-state index is 11.9. The van der Waals surface area contributed by atoms with E-state index in [1.54, 1.807) is 6.08 Å². The van der Waals surface area contributed by atoms with Gasteiger partial charge in [-0.15, -0.1) is 0 Å². The van der Waals surface area contributed by atoms with Crippen LogP contribution in [0.5, 0.6) is 0 Å². The fourth-order valence-electron chi connectivity index (χ4n) is 3.27. The van der Waals surface area contributed by atoms with Gasteiger partial charge >= 0.3 is 12.2 Å². The van der Waals surface area contributed by atoms with Gasteiger partial charge in [0, 0.05) is 26.1 Å². The Bertz CT molecular complexity index is 561. The molecule has 0 atom stereocenters. The van der Waals surface area contributed by atoms with Crippen LogP contribution in [0.1, 0.15) is 104 Å². The summed E-state index contributed by atoms with van der Waals surface area (Å²) in [7, 11) is 0. The van der Waals surface area contributed by atoms with Crippen LogP contribution in [0, 0.1) is 0 Å². The van der Waals surface area contributed by atoms with E-state index in [0.717, 1.165) is 44.9 Å². The van der Waals surface area contributed by atoms with E-state index < -0.39 is 5.60 Å². The van der Waals surface area contributed by atoms with E-state index in [4.69, 9.17) is 9.47 Å². The number of alkyl carbamates (subject to hydrolysis) is 2. The lowest BCUT2D eigenvalue weighted by Crippen LogP contribution is -2.33. The molecule has 0 radical (unpaired) electrons. The van der Waals surface area contributed by atoms with Crippen molar-refractivity contribution >= 4 is 18.1 Å². The maximum Gasteiger partial charge on any atom is 0.407 e. The van der Waals surface area contributed by atoms with Gasteiger partial charge in [0.2, 0.25) is 5.91 Å². The molecule has 0 aromatic carbocycles. The molecule has 8 heteroatoms. The molecular formula is C26H49N3O5. The third kappa shape index (κ3) is 24.4. The van der Waals surface area contributed by atoms with Gasteiger partial charge in [-0.3, -0.25) is 4.79 Å². The Morgan fingerprint density at radius 1 is 0.676 bits per heavy atom. The maximum absolute atomic E-state index is 11.9. The molecule has 0 unspecified atom stereocenters. The Kier molecular flexibility index (Phi) is 19.9. The summed E-state index contributed by atoms with van der Waals surface area (Å²) < 4.78 is 10.0. The summed E-state index contributed by atoms with van der Waals surface area (Å²) in [6.07, 6.45) is 14.3. The zero-order chi connectivity index (χ0) is 25.5. The average molecular weight is 484 g/mol. The molecule has 34 heavy (non-hydrogen) atoms. The molecule has 0 fully saturated rings. The highest BCUT2D eigenvalue weighted by Crippen LogP contribution is 2.10. The van der Waals surface area contributed by atoms with Crippen LogP contribution < -0.4 is 16.0 Å². The fourth-order valence-corrected chi connectivity index (χ4v) is 3.27. The van der Waals surface area contributed by atoms with Crippen molar-refractivity contribution in [2.75, 3.05) is 26.2 Å². The molecule has 0 spiro atoms. The minimum absolute atomic E-state index is 0.133. The van der Waals surface area contributed by atoms with Crippen molar-refractivity contribution < 1.29 is 23.9 Å². The molecule has 0 rings (SSSR count). The fraction of sp³-hybridized carbons (Fsp3) is 0.808. The third-order valence-corrected chi connectivity index (χ3v) is 5.03. The zero-order valence-electron chi connectivity index (χ0n) is 21.8. The number of ether oxygens (including phenoxy) is 2. The van der Waals surface area contributed by atoms with Gasteiger partial charge in [-0.1, -0.05) is 57.6 Å². The van der Waals surface area contributed by atoms with Crippen LogP contribution in [0.4, 0.5) is 9.59 Å². The Hall–Kier alpha value is -2.25.